The summed E-state index contributed by atoms with van der Waals surface area (Å²) in [4.78, 5) is 4.45. The van der Waals surface area contributed by atoms with Crippen LogP contribution in [-0.4, -0.2) is 34.2 Å². The maximum Gasteiger partial charge on any atom is 0.191 e. The number of nitrogens with zero attached hydrogens (tertiary/aromatic N) is 1. The third-order valence-electron chi connectivity index (χ3n) is 3.65. The van der Waals surface area contributed by atoms with Crippen molar-refractivity contribution in [2.45, 2.75) is 17.9 Å². The van der Waals surface area contributed by atoms with Gasteiger partial charge in [0, 0.05) is 26.4 Å². The molecule has 0 bridgehead atoms. The molecule has 0 heterocycles. The summed E-state index contributed by atoms with van der Waals surface area (Å²) in [6, 6.07) is 13.1. The van der Waals surface area contributed by atoms with E-state index in [9.17, 15) is 12.8 Å². The Labute approximate surface area is 147 Å². The van der Waals surface area contributed by atoms with Crippen molar-refractivity contribution in [3.63, 3.8) is 0 Å². The molecular formula is C18H22FN3O2S. The van der Waals surface area contributed by atoms with Crippen molar-refractivity contribution in [2.75, 3.05) is 19.8 Å². The van der Waals surface area contributed by atoms with Crippen LogP contribution in [0.1, 0.15) is 11.1 Å². The molecule has 0 saturated heterocycles. The van der Waals surface area contributed by atoms with Crippen LogP contribution in [-0.2, 0) is 22.8 Å². The second-order valence-electron chi connectivity index (χ2n) is 5.65. The van der Waals surface area contributed by atoms with Crippen LogP contribution in [0.5, 0.6) is 0 Å². The first kappa shape index (κ1) is 18.9. The fourth-order valence-corrected chi connectivity index (χ4v) is 2.87. The van der Waals surface area contributed by atoms with Gasteiger partial charge >= 0.3 is 0 Å². The minimum absolute atomic E-state index is 0.240. The van der Waals surface area contributed by atoms with Crippen molar-refractivity contribution in [2.24, 2.45) is 4.99 Å². The van der Waals surface area contributed by atoms with Gasteiger partial charge in [0.05, 0.1) is 4.90 Å². The Morgan fingerprint density at radius 2 is 1.60 bits per heavy atom. The number of guanidine groups is 1. The Morgan fingerprint density at radius 1 is 1.00 bits per heavy atom. The fraction of sp³-hybridized carbons (Fsp3) is 0.278. The molecule has 0 aliphatic rings. The quantitative estimate of drug-likeness (QED) is 0.609. The highest BCUT2D eigenvalue weighted by Crippen LogP contribution is 2.10. The van der Waals surface area contributed by atoms with Crippen molar-refractivity contribution in [1.82, 2.24) is 10.6 Å². The Bertz CT molecular complexity index is 816. The Balaban J connectivity index is 1.81. The number of aliphatic imine (C=N–C) groups is 1. The normalized spacial score (nSPS) is 12.0. The van der Waals surface area contributed by atoms with E-state index in [-0.39, 0.29) is 5.82 Å². The van der Waals surface area contributed by atoms with Gasteiger partial charge in [-0.05, 0) is 41.8 Å². The minimum Gasteiger partial charge on any atom is -0.356 e. The molecule has 0 spiro atoms. The Hall–Kier alpha value is -2.41. The van der Waals surface area contributed by atoms with Gasteiger partial charge < -0.3 is 10.6 Å². The van der Waals surface area contributed by atoms with Crippen molar-refractivity contribution in [3.05, 3.63) is 65.5 Å². The van der Waals surface area contributed by atoms with Crippen molar-refractivity contribution < 1.29 is 12.8 Å². The highest BCUT2D eigenvalue weighted by Gasteiger charge is 2.06. The van der Waals surface area contributed by atoms with Gasteiger partial charge in [-0.15, -0.1) is 0 Å². The van der Waals surface area contributed by atoms with Crippen LogP contribution in [0.2, 0.25) is 0 Å². The molecular weight excluding hydrogens is 341 g/mol. The SMILES string of the molecule is CN=C(NCCc1ccc(F)cc1)NCc1ccc(S(C)(=O)=O)cc1. The van der Waals surface area contributed by atoms with Gasteiger partial charge in [-0.1, -0.05) is 24.3 Å². The highest BCUT2D eigenvalue weighted by atomic mass is 32.2. The zero-order valence-electron chi connectivity index (χ0n) is 14.3. The molecule has 2 rings (SSSR count). The van der Waals surface area contributed by atoms with E-state index in [1.165, 1.54) is 18.4 Å². The van der Waals surface area contributed by atoms with E-state index >= 15 is 0 Å². The van der Waals surface area contributed by atoms with Crippen molar-refractivity contribution in [1.29, 1.82) is 0 Å². The summed E-state index contributed by atoms with van der Waals surface area (Å²) in [5.74, 6) is 0.408. The Morgan fingerprint density at radius 3 is 2.16 bits per heavy atom. The van der Waals surface area contributed by atoms with Gasteiger partial charge in [-0.3, -0.25) is 4.99 Å². The molecule has 0 radical (unpaired) electrons. The number of benzene rings is 2. The van der Waals surface area contributed by atoms with Crippen LogP contribution in [0.4, 0.5) is 4.39 Å². The first-order valence-corrected chi connectivity index (χ1v) is 9.75. The van der Waals surface area contributed by atoms with E-state index in [0.717, 1.165) is 17.5 Å². The molecule has 0 atom stereocenters. The van der Waals surface area contributed by atoms with E-state index in [0.29, 0.717) is 23.9 Å². The first-order valence-electron chi connectivity index (χ1n) is 7.86. The third-order valence-corrected chi connectivity index (χ3v) is 4.78. The second-order valence-corrected chi connectivity index (χ2v) is 7.66. The van der Waals surface area contributed by atoms with E-state index in [1.54, 1.807) is 43.4 Å². The van der Waals surface area contributed by atoms with Gasteiger partial charge in [-0.25, -0.2) is 12.8 Å². The molecule has 0 unspecified atom stereocenters. The largest absolute Gasteiger partial charge is 0.356 e. The number of rotatable bonds is 6. The summed E-state index contributed by atoms with van der Waals surface area (Å²) < 4.78 is 35.8. The monoisotopic (exact) mass is 363 g/mol. The average Bonchev–Trinajstić information content (AvgIpc) is 2.59. The van der Waals surface area contributed by atoms with Crippen LogP contribution in [0.3, 0.4) is 0 Å². The fourth-order valence-electron chi connectivity index (χ4n) is 2.24. The Kier molecular flexibility index (Phi) is 6.52. The third kappa shape index (κ3) is 6.19. The summed E-state index contributed by atoms with van der Waals surface area (Å²) in [5, 5.41) is 6.36. The molecule has 0 amide bonds. The molecule has 5 nitrogen and oxygen atoms in total. The number of hydrogen-bond acceptors (Lipinski definition) is 3. The van der Waals surface area contributed by atoms with Gasteiger partial charge in [0.15, 0.2) is 15.8 Å². The van der Waals surface area contributed by atoms with Gasteiger partial charge in [0.2, 0.25) is 0 Å². The molecule has 2 N–H and O–H groups in total. The zero-order chi connectivity index (χ0) is 18.3. The maximum atomic E-state index is 12.9. The van der Waals surface area contributed by atoms with Crippen molar-refractivity contribution >= 4 is 15.8 Å². The standard InChI is InChI=1S/C18H22FN3O2S/c1-20-18(21-12-11-14-3-7-16(19)8-4-14)22-13-15-5-9-17(10-6-15)25(2,23)24/h3-10H,11-13H2,1-2H3,(H2,20,21,22). The average molecular weight is 363 g/mol. The number of sulfone groups is 1. The summed E-state index contributed by atoms with van der Waals surface area (Å²) in [6.45, 7) is 1.19. The zero-order valence-corrected chi connectivity index (χ0v) is 15.1. The first-order chi connectivity index (χ1) is 11.9. The lowest BCUT2D eigenvalue weighted by atomic mass is 10.1. The molecule has 7 heteroatoms. The molecule has 0 aliphatic carbocycles. The molecule has 2 aromatic rings. The summed E-state index contributed by atoms with van der Waals surface area (Å²) in [5.41, 5.74) is 2.00. The smallest absolute Gasteiger partial charge is 0.191 e. The second kappa shape index (κ2) is 8.62. The lowest BCUT2D eigenvalue weighted by molar-refractivity contribution is 0.602. The maximum absolute atomic E-state index is 12.9. The van der Waals surface area contributed by atoms with Gasteiger partial charge in [-0.2, -0.15) is 0 Å². The van der Waals surface area contributed by atoms with Crippen LogP contribution >= 0.6 is 0 Å². The van der Waals surface area contributed by atoms with Gasteiger partial charge in [0.1, 0.15) is 5.82 Å². The van der Waals surface area contributed by atoms with E-state index in [4.69, 9.17) is 0 Å². The predicted octanol–water partition coefficient (Wildman–Crippen LogP) is 2.14. The molecule has 134 valence electrons. The number of halogens is 1. The lowest BCUT2D eigenvalue weighted by Crippen LogP contribution is -2.37. The molecule has 25 heavy (non-hydrogen) atoms. The highest BCUT2D eigenvalue weighted by molar-refractivity contribution is 7.90. The summed E-state index contributed by atoms with van der Waals surface area (Å²) in [6.07, 6.45) is 1.94. The topological polar surface area (TPSA) is 70.6 Å². The van der Waals surface area contributed by atoms with Crippen molar-refractivity contribution in [3.8, 4) is 0 Å². The number of nitrogens with one attached hydrogen (secondary N) is 2. The number of hydrogen-bond donors (Lipinski definition) is 2. The van der Waals surface area contributed by atoms with Crippen LogP contribution in [0.25, 0.3) is 0 Å². The summed E-state index contributed by atoms with van der Waals surface area (Å²) >= 11 is 0. The molecule has 0 saturated carbocycles. The predicted molar refractivity (Wildman–Crippen MR) is 97.9 cm³/mol. The molecule has 0 fully saturated rings. The van der Waals surface area contributed by atoms with E-state index in [2.05, 4.69) is 15.6 Å². The van der Waals surface area contributed by atoms with E-state index in [1.807, 2.05) is 0 Å². The van der Waals surface area contributed by atoms with Crippen LogP contribution in [0, 0.1) is 5.82 Å². The minimum atomic E-state index is -3.18. The van der Waals surface area contributed by atoms with Crippen LogP contribution < -0.4 is 10.6 Å². The molecule has 0 aromatic heterocycles. The van der Waals surface area contributed by atoms with E-state index < -0.39 is 9.84 Å². The summed E-state index contributed by atoms with van der Waals surface area (Å²) in [7, 11) is -1.50. The molecule has 0 aliphatic heterocycles. The molecule has 2 aromatic carbocycles. The van der Waals surface area contributed by atoms with Gasteiger partial charge in [0.25, 0.3) is 0 Å². The van der Waals surface area contributed by atoms with Crippen LogP contribution in [0.15, 0.2) is 58.4 Å². The lowest BCUT2D eigenvalue weighted by Gasteiger charge is -2.12.